The van der Waals surface area contributed by atoms with E-state index in [1.807, 2.05) is 18.2 Å². The van der Waals surface area contributed by atoms with Gasteiger partial charge in [-0.1, -0.05) is 18.2 Å². The Balaban J connectivity index is 1.42. The van der Waals surface area contributed by atoms with Gasteiger partial charge in [0.25, 0.3) is 0 Å². The lowest BCUT2D eigenvalue weighted by Gasteiger charge is -2.13. The van der Waals surface area contributed by atoms with Crippen LogP contribution in [0, 0.1) is 5.92 Å². The molecule has 0 spiro atoms. The number of carbonyl (C=O) groups is 2. The Hall–Kier alpha value is -2.21. The molecule has 0 saturated carbocycles. The van der Waals surface area contributed by atoms with Crippen LogP contribution in [0.5, 0.6) is 0 Å². The van der Waals surface area contributed by atoms with Crippen LogP contribution in [-0.2, 0) is 16.0 Å². The Kier molecular flexibility index (Phi) is 5.25. The van der Waals surface area contributed by atoms with Crippen LogP contribution in [0.1, 0.15) is 17.8 Å². The van der Waals surface area contributed by atoms with Crippen LogP contribution in [0.15, 0.2) is 36.9 Å². The minimum Gasteiger partial charge on any atom is -0.356 e. The molecule has 24 heavy (non-hydrogen) atoms. The summed E-state index contributed by atoms with van der Waals surface area (Å²) < 4.78 is 1.20. The van der Waals surface area contributed by atoms with Gasteiger partial charge in [-0.3, -0.25) is 9.59 Å². The number of fused-ring (bicyclic) bond motifs is 1. The molecule has 126 valence electrons. The van der Waals surface area contributed by atoms with Crippen LogP contribution in [0.3, 0.4) is 0 Å². The number of rotatable bonds is 7. The number of para-hydroxylation sites is 1. The van der Waals surface area contributed by atoms with Crippen LogP contribution in [0.25, 0.3) is 10.2 Å². The fourth-order valence-electron chi connectivity index (χ4n) is 2.90. The maximum atomic E-state index is 12.2. The molecule has 5 nitrogen and oxygen atoms in total. The minimum atomic E-state index is -0.236. The highest BCUT2D eigenvalue weighted by Crippen LogP contribution is 2.22. The van der Waals surface area contributed by atoms with Gasteiger partial charge < -0.3 is 10.2 Å². The maximum absolute atomic E-state index is 12.2. The summed E-state index contributed by atoms with van der Waals surface area (Å²) in [4.78, 5) is 30.2. The van der Waals surface area contributed by atoms with Crippen molar-refractivity contribution in [1.82, 2.24) is 15.2 Å². The van der Waals surface area contributed by atoms with Gasteiger partial charge in [-0.15, -0.1) is 17.9 Å². The average molecular weight is 343 g/mol. The fraction of sp³-hybridized carbons (Fsp3) is 0.389. The van der Waals surface area contributed by atoms with Crippen molar-refractivity contribution in [3.05, 3.63) is 41.9 Å². The van der Waals surface area contributed by atoms with E-state index in [9.17, 15) is 9.59 Å². The van der Waals surface area contributed by atoms with Crippen molar-refractivity contribution in [3.8, 4) is 0 Å². The number of amides is 2. The van der Waals surface area contributed by atoms with E-state index in [0.29, 0.717) is 26.1 Å². The zero-order chi connectivity index (χ0) is 16.9. The molecule has 2 amide bonds. The zero-order valence-electron chi connectivity index (χ0n) is 13.5. The van der Waals surface area contributed by atoms with E-state index in [2.05, 4.69) is 22.9 Å². The molecule has 1 atom stereocenters. The lowest BCUT2D eigenvalue weighted by Crippen LogP contribution is -2.33. The summed E-state index contributed by atoms with van der Waals surface area (Å²) in [6.07, 6.45) is 3.70. The third kappa shape index (κ3) is 3.82. The second kappa shape index (κ2) is 7.57. The molecular weight excluding hydrogens is 322 g/mol. The van der Waals surface area contributed by atoms with Crippen LogP contribution in [0.2, 0.25) is 0 Å². The highest BCUT2D eigenvalue weighted by molar-refractivity contribution is 7.18. The van der Waals surface area contributed by atoms with Crippen molar-refractivity contribution in [3.63, 3.8) is 0 Å². The summed E-state index contributed by atoms with van der Waals surface area (Å²) in [6.45, 7) is 5.25. The molecule has 0 bridgehead atoms. The number of carbonyl (C=O) groups excluding carboxylic acids is 2. The smallest absolute Gasteiger partial charge is 0.225 e. The predicted molar refractivity (Wildman–Crippen MR) is 95.8 cm³/mol. The molecular formula is C18H21N3O2S. The van der Waals surface area contributed by atoms with Gasteiger partial charge in [0.15, 0.2) is 0 Å². The Morgan fingerprint density at radius 2 is 2.29 bits per heavy atom. The molecule has 1 aliphatic heterocycles. The quantitative estimate of drug-likeness (QED) is 0.620. The summed E-state index contributed by atoms with van der Waals surface area (Å²) in [5.41, 5.74) is 1.04. The highest BCUT2D eigenvalue weighted by Gasteiger charge is 2.33. The monoisotopic (exact) mass is 343 g/mol. The van der Waals surface area contributed by atoms with E-state index in [4.69, 9.17) is 0 Å². The van der Waals surface area contributed by atoms with Gasteiger partial charge in [-0.2, -0.15) is 0 Å². The number of nitrogens with one attached hydrogen (secondary N) is 1. The highest BCUT2D eigenvalue weighted by atomic mass is 32.1. The molecule has 1 saturated heterocycles. The van der Waals surface area contributed by atoms with E-state index < -0.39 is 0 Å². The van der Waals surface area contributed by atoms with Gasteiger partial charge in [0.2, 0.25) is 11.8 Å². The topological polar surface area (TPSA) is 62.3 Å². The van der Waals surface area contributed by atoms with Crippen molar-refractivity contribution < 1.29 is 9.59 Å². The number of benzene rings is 1. The van der Waals surface area contributed by atoms with Gasteiger partial charge in [0.05, 0.1) is 21.1 Å². The number of aryl methyl sites for hydroxylation is 1. The summed E-state index contributed by atoms with van der Waals surface area (Å²) >= 11 is 1.70. The molecule has 3 rings (SSSR count). The second-order valence-corrected chi connectivity index (χ2v) is 7.07. The van der Waals surface area contributed by atoms with Gasteiger partial charge in [0, 0.05) is 32.5 Å². The third-order valence-corrected chi connectivity index (χ3v) is 5.24. The predicted octanol–water partition coefficient (Wildman–Crippen LogP) is 2.38. The van der Waals surface area contributed by atoms with E-state index in [1.54, 1.807) is 22.3 Å². The number of likely N-dealkylation sites (tertiary alicyclic amines) is 1. The molecule has 1 fully saturated rings. The zero-order valence-corrected chi connectivity index (χ0v) is 14.3. The average Bonchev–Trinajstić information content (AvgIpc) is 3.15. The first-order valence-electron chi connectivity index (χ1n) is 8.18. The molecule has 2 aromatic rings. The maximum Gasteiger partial charge on any atom is 0.225 e. The Morgan fingerprint density at radius 3 is 3.08 bits per heavy atom. The first kappa shape index (κ1) is 16.6. The molecule has 1 aromatic carbocycles. The molecule has 1 N–H and O–H groups in total. The first-order chi connectivity index (χ1) is 11.7. The minimum absolute atomic E-state index is 0.0285. The normalized spacial score (nSPS) is 17.4. The summed E-state index contributed by atoms with van der Waals surface area (Å²) in [7, 11) is 0. The van der Waals surface area contributed by atoms with Crippen LogP contribution in [0.4, 0.5) is 0 Å². The molecule has 0 aliphatic carbocycles. The van der Waals surface area contributed by atoms with Crippen LogP contribution < -0.4 is 5.32 Å². The molecule has 1 aliphatic rings. The SMILES string of the molecule is C=CCN1CC(C(=O)NCCCc2nc3ccccc3s2)CC1=O. The van der Waals surface area contributed by atoms with E-state index in [0.717, 1.165) is 23.4 Å². The third-order valence-electron chi connectivity index (χ3n) is 4.14. The molecule has 1 aromatic heterocycles. The summed E-state index contributed by atoms with van der Waals surface area (Å²) in [5, 5.41) is 4.04. The van der Waals surface area contributed by atoms with Crippen LogP contribution in [-0.4, -0.2) is 41.3 Å². The molecule has 1 unspecified atom stereocenters. The Labute approximate surface area is 145 Å². The Bertz CT molecular complexity index is 723. The standard InChI is InChI=1S/C18H21N3O2S/c1-2-10-21-12-13(11-17(21)22)18(23)19-9-5-8-16-20-14-6-3-4-7-15(14)24-16/h2-4,6-7,13H,1,5,8-12H2,(H,19,23). The molecule has 0 radical (unpaired) electrons. The van der Waals surface area contributed by atoms with Gasteiger partial charge in [-0.25, -0.2) is 4.98 Å². The van der Waals surface area contributed by atoms with Crippen molar-refractivity contribution in [1.29, 1.82) is 0 Å². The van der Waals surface area contributed by atoms with E-state index >= 15 is 0 Å². The van der Waals surface area contributed by atoms with E-state index in [1.165, 1.54) is 4.70 Å². The fourth-order valence-corrected chi connectivity index (χ4v) is 3.91. The largest absolute Gasteiger partial charge is 0.356 e. The summed E-state index contributed by atoms with van der Waals surface area (Å²) in [6, 6.07) is 8.10. The number of aromatic nitrogens is 1. The van der Waals surface area contributed by atoms with Crippen molar-refractivity contribution in [2.75, 3.05) is 19.6 Å². The lowest BCUT2D eigenvalue weighted by molar-refractivity contribution is -0.128. The van der Waals surface area contributed by atoms with E-state index in [-0.39, 0.29) is 17.7 Å². The van der Waals surface area contributed by atoms with Crippen molar-refractivity contribution in [2.24, 2.45) is 5.92 Å². The lowest BCUT2D eigenvalue weighted by atomic mass is 10.1. The van der Waals surface area contributed by atoms with Gasteiger partial charge >= 0.3 is 0 Å². The number of hydrogen-bond acceptors (Lipinski definition) is 4. The molecule has 6 heteroatoms. The summed E-state index contributed by atoms with van der Waals surface area (Å²) in [5.74, 6) is -0.233. The van der Waals surface area contributed by atoms with Crippen molar-refractivity contribution >= 4 is 33.4 Å². The number of thiazole rings is 1. The number of hydrogen-bond donors (Lipinski definition) is 1. The van der Waals surface area contributed by atoms with Crippen LogP contribution >= 0.6 is 11.3 Å². The van der Waals surface area contributed by atoms with Gasteiger partial charge in [0.1, 0.15) is 0 Å². The number of nitrogens with zero attached hydrogens (tertiary/aromatic N) is 2. The Morgan fingerprint density at radius 1 is 1.46 bits per heavy atom. The first-order valence-corrected chi connectivity index (χ1v) is 9.00. The molecule has 2 heterocycles. The second-order valence-electron chi connectivity index (χ2n) is 5.96. The van der Waals surface area contributed by atoms with Crippen molar-refractivity contribution in [2.45, 2.75) is 19.3 Å². The van der Waals surface area contributed by atoms with Gasteiger partial charge in [-0.05, 0) is 18.6 Å².